The average molecular weight is 278 g/mol. The lowest BCUT2D eigenvalue weighted by Crippen LogP contribution is -2.41. The largest absolute Gasteiger partial charge is 0.396 e. The van der Waals surface area contributed by atoms with Crippen LogP contribution in [0.25, 0.3) is 0 Å². The molecule has 6 heteroatoms. The SMILES string of the molecule is CN(CCCO)S(=O)(=O)N1CCC(C(C)(C)C)C1. The van der Waals surface area contributed by atoms with E-state index in [9.17, 15) is 8.42 Å². The van der Waals surface area contributed by atoms with Crippen molar-refractivity contribution >= 4 is 10.2 Å². The molecule has 1 fully saturated rings. The summed E-state index contributed by atoms with van der Waals surface area (Å²) in [4.78, 5) is 0. The van der Waals surface area contributed by atoms with Crippen LogP contribution in [0.4, 0.5) is 0 Å². The van der Waals surface area contributed by atoms with Gasteiger partial charge in [-0.15, -0.1) is 0 Å². The quantitative estimate of drug-likeness (QED) is 0.813. The summed E-state index contributed by atoms with van der Waals surface area (Å²) in [5.74, 6) is 0.415. The third-order valence-corrected chi connectivity index (χ3v) is 5.68. The molecule has 0 spiro atoms. The maximum Gasteiger partial charge on any atom is 0.281 e. The zero-order chi connectivity index (χ0) is 14.0. The number of nitrogens with zero attached hydrogens (tertiary/aromatic N) is 2. The van der Waals surface area contributed by atoms with Crippen LogP contribution in [0.5, 0.6) is 0 Å². The van der Waals surface area contributed by atoms with E-state index in [2.05, 4.69) is 20.8 Å². The molecule has 1 saturated heterocycles. The standard InChI is InChI=1S/C12H26N2O3S/c1-12(2,3)11-6-8-14(10-11)18(16,17)13(4)7-5-9-15/h11,15H,5-10H2,1-4H3. The van der Waals surface area contributed by atoms with Crippen LogP contribution in [-0.4, -0.2) is 55.4 Å². The van der Waals surface area contributed by atoms with Gasteiger partial charge in [-0.25, -0.2) is 0 Å². The lowest BCUT2D eigenvalue weighted by Gasteiger charge is -2.28. The zero-order valence-corrected chi connectivity index (χ0v) is 12.7. The van der Waals surface area contributed by atoms with Gasteiger partial charge in [0.1, 0.15) is 0 Å². The fourth-order valence-corrected chi connectivity index (χ4v) is 3.71. The van der Waals surface area contributed by atoms with Gasteiger partial charge in [0.15, 0.2) is 0 Å². The predicted octanol–water partition coefficient (Wildman–Crippen LogP) is 0.913. The Labute approximate surface area is 111 Å². The third kappa shape index (κ3) is 3.66. The highest BCUT2D eigenvalue weighted by Crippen LogP contribution is 2.34. The average Bonchev–Trinajstić information content (AvgIpc) is 2.74. The predicted molar refractivity (Wildman–Crippen MR) is 72.4 cm³/mol. The van der Waals surface area contributed by atoms with E-state index >= 15 is 0 Å². The highest BCUT2D eigenvalue weighted by atomic mass is 32.2. The summed E-state index contributed by atoms with van der Waals surface area (Å²) in [5.41, 5.74) is 0.147. The lowest BCUT2D eigenvalue weighted by atomic mass is 9.80. The summed E-state index contributed by atoms with van der Waals surface area (Å²) in [7, 11) is -1.77. The Kier molecular flexibility index (Phi) is 5.17. The minimum absolute atomic E-state index is 0.0183. The van der Waals surface area contributed by atoms with Gasteiger partial charge in [-0.05, 0) is 24.2 Å². The molecule has 1 N–H and O–H groups in total. The normalized spacial score (nSPS) is 22.9. The molecule has 0 aromatic rings. The fraction of sp³-hybridized carbons (Fsp3) is 1.00. The van der Waals surface area contributed by atoms with Crippen molar-refractivity contribution in [3.8, 4) is 0 Å². The Balaban J connectivity index is 2.66. The molecule has 0 bridgehead atoms. The maximum atomic E-state index is 12.3. The van der Waals surface area contributed by atoms with Crippen LogP contribution in [0.3, 0.4) is 0 Å². The summed E-state index contributed by atoms with van der Waals surface area (Å²) in [5, 5.41) is 8.76. The van der Waals surface area contributed by atoms with Crippen molar-refractivity contribution in [2.24, 2.45) is 11.3 Å². The smallest absolute Gasteiger partial charge is 0.281 e. The van der Waals surface area contributed by atoms with Crippen molar-refractivity contribution in [3.63, 3.8) is 0 Å². The van der Waals surface area contributed by atoms with Crippen LogP contribution in [0.2, 0.25) is 0 Å². The van der Waals surface area contributed by atoms with Crippen LogP contribution < -0.4 is 0 Å². The number of hydrogen-bond acceptors (Lipinski definition) is 3. The highest BCUT2D eigenvalue weighted by molar-refractivity contribution is 7.86. The molecule has 0 aromatic heterocycles. The minimum atomic E-state index is -3.35. The second kappa shape index (κ2) is 5.86. The molecule has 1 unspecified atom stereocenters. The molecule has 1 rings (SSSR count). The van der Waals surface area contributed by atoms with Gasteiger partial charge in [-0.2, -0.15) is 17.0 Å². The van der Waals surface area contributed by atoms with Crippen molar-refractivity contribution in [3.05, 3.63) is 0 Å². The Morgan fingerprint density at radius 2 is 2.00 bits per heavy atom. The van der Waals surface area contributed by atoms with Gasteiger partial charge >= 0.3 is 0 Å². The van der Waals surface area contributed by atoms with E-state index in [0.29, 0.717) is 32.0 Å². The molecule has 0 saturated carbocycles. The molecule has 1 atom stereocenters. The topological polar surface area (TPSA) is 60.9 Å². The van der Waals surface area contributed by atoms with Gasteiger partial charge < -0.3 is 5.11 Å². The van der Waals surface area contributed by atoms with E-state index in [1.165, 1.54) is 4.31 Å². The molecule has 5 nitrogen and oxygen atoms in total. The lowest BCUT2D eigenvalue weighted by molar-refractivity contribution is 0.248. The van der Waals surface area contributed by atoms with Crippen LogP contribution in [0.15, 0.2) is 0 Å². The van der Waals surface area contributed by atoms with E-state index in [4.69, 9.17) is 5.11 Å². The van der Waals surface area contributed by atoms with Crippen LogP contribution in [-0.2, 0) is 10.2 Å². The first kappa shape index (κ1) is 15.9. The molecule has 18 heavy (non-hydrogen) atoms. The Bertz CT molecular complexity index is 362. The Hall–Kier alpha value is -0.170. The van der Waals surface area contributed by atoms with E-state index < -0.39 is 10.2 Å². The molecular formula is C12H26N2O3S. The van der Waals surface area contributed by atoms with Crippen LogP contribution >= 0.6 is 0 Å². The third-order valence-electron chi connectivity index (χ3n) is 3.73. The summed E-state index contributed by atoms with van der Waals surface area (Å²) >= 11 is 0. The van der Waals surface area contributed by atoms with Crippen molar-refractivity contribution in [2.45, 2.75) is 33.6 Å². The number of aliphatic hydroxyl groups is 1. The van der Waals surface area contributed by atoms with Crippen molar-refractivity contribution in [1.29, 1.82) is 0 Å². The number of rotatable bonds is 5. The Morgan fingerprint density at radius 3 is 2.44 bits per heavy atom. The molecular weight excluding hydrogens is 252 g/mol. The minimum Gasteiger partial charge on any atom is -0.396 e. The molecule has 0 aliphatic carbocycles. The first-order chi connectivity index (χ1) is 8.19. The van der Waals surface area contributed by atoms with Crippen molar-refractivity contribution in [1.82, 2.24) is 8.61 Å². The monoisotopic (exact) mass is 278 g/mol. The van der Waals surface area contributed by atoms with E-state index in [-0.39, 0.29) is 12.0 Å². The summed E-state index contributed by atoms with van der Waals surface area (Å²) in [6, 6.07) is 0. The Morgan fingerprint density at radius 1 is 1.39 bits per heavy atom. The molecule has 0 aromatic carbocycles. The van der Waals surface area contributed by atoms with Crippen LogP contribution in [0, 0.1) is 11.3 Å². The van der Waals surface area contributed by atoms with E-state index in [1.54, 1.807) is 11.4 Å². The number of aliphatic hydroxyl groups excluding tert-OH is 1. The highest BCUT2D eigenvalue weighted by Gasteiger charge is 2.38. The van der Waals surface area contributed by atoms with Gasteiger partial charge in [0.2, 0.25) is 0 Å². The van der Waals surface area contributed by atoms with Gasteiger partial charge in [0.05, 0.1) is 0 Å². The fourth-order valence-electron chi connectivity index (χ4n) is 2.25. The molecule has 1 aliphatic rings. The first-order valence-electron chi connectivity index (χ1n) is 6.52. The molecule has 1 aliphatic heterocycles. The van der Waals surface area contributed by atoms with Gasteiger partial charge in [0.25, 0.3) is 10.2 Å². The van der Waals surface area contributed by atoms with Crippen LogP contribution in [0.1, 0.15) is 33.6 Å². The second-order valence-electron chi connectivity index (χ2n) is 6.12. The molecule has 108 valence electrons. The second-order valence-corrected chi connectivity index (χ2v) is 8.15. The molecule has 1 heterocycles. The van der Waals surface area contributed by atoms with E-state index in [0.717, 1.165) is 6.42 Å². The first-order valence-corrected chi connectivity index (χ1v) is 7.91. The van der Waals surface area contributed by atoms with Gasteiger partial charge in [-0.1, -0.05) is 20.8 Å². The van der Waals surface area contributed by atoms with Gasteiger partial charge in [-0.3, -0.25) is 0 Å². The van der Waals surface area contributed by atoms with E-state index in [1.807, 2.05) is 0 Å². The maximum absolute atomic E-state index is 12.3. The molecule has 0 amide bonds. The summed E-state index contributed by atoms with van der Waals surface area (Å²) in [6.07, 6.45) is 1.41. The van der Waals surface area contributed by atoms with Gasteiger partial charge in [0, 0.05) is 33.3 Å². The summed E-state index contributed by atoms with van der Waals surface area (Å²) in [6.45, 7) is 8.07. The summed E-state index contributed by atoms with van der Waals surface area (Å²) < 4.78 is 27.5. The molecule has 0 radical (unpaired) electrons. The number of hydrogen-bond donors (Lipinski definition) is 1. The van der Waals surface area contributed by atoms with Crippen molar-refractivity contribution < 1.29 is 13.5 Å². The van der Waals surface area contributed by atoms with Crippen molar-refractivity contribution in [2.75, 3.05) is 33.3 Å². The zero-order valence-electron chi connectivity index (χ0n) is 11.9.